The van der Waals surface area contributed by atoms with Crippen LogP contribution in [0.15, 0.2) is 34.9 Å². The van der Waals surface area contributed by atoms with E-state index in [1.165, 1.54) is 12.1 Å². The Labute approximate surface area is 114 Å². The lowest BCUT2D eigenvalue weighted by Crippen LogP contribution is -2.02. The molecule has 0 fully saturated rings. The van der Waals surface area contributed by atoms with E-state index in [-0.39, 0.29) is 17.8 Å². The summed E-state index contributed by atoms with van der Waals surface area (Å²) in [4.78, 5) is 21.1. The van der Waals surface area contributed by atoms with E-state index >= 15 is 0 Å². The van der Waals surface area contributed by atoms with Crippen LogP contribution in [0.4, 0.5) is 11.4 Å². The number of carbonyl (C=O) groups is 1. The minimum atomic E-state index is -1.08. The smallest absolute Gasteiger partial charge is 0.338 e. The van der Waals surface area contributed by atoms with Gasteiger partial charge >= 0.3 is 5.97 Å². The molecule has 0 aliphatic carbocycles. The topological polar surface area (TPSA) is 106 Å². The number of furan rings is 1. The molecule has 1 heterocycles. The van der Waals surface area contributed by atoms with Gasteiger partial charge in [0.25, 0.3) is 5.69 Å². The zero-order valence-corrected chi connectivity index (χ0v) is 10.6. The molecule has 0 atom stereocenters. The average molecular weight is 276 g/mol. The molecule has 0 radical (unpaired) electrons. The number of nitrogens with zero attached hydrogens (tertiary/aromatic N) is 1. The molecule has 20 heavy (non-hydrogen) atoms. The predicted molar refractivity (Wildman–Crippen MR) is 70.8 cm³/mol. The molecule has 2 aromatic rings. The Morgan fingerprint density at radius 2 is 2.20 bits per heavy atom. The fourth-order valence-corrected chi connectivity index (χ4v) is 1.72. The van der Waals surface area contributed by atoms with Crippen molar-refractivity contribution in [2.24, 2.45) is 0 Å². The maximum atomic E-state index is 10.9. The third kappa shape index (κ3) is 2.94. The van der Waals surface area contributed by atoms with Gasteiger partial charge in [-0.3, -0.25) is 10.1 Å². The van der Waals surface area contributed by atoms with Gasteiger partial charge in [0.05, 0.1) is 17.0 Å². The second-order valence-corrected chi connectivity index (χ2v) is 4.24. The van der Waals surface area contributed by atoms with Crippen molar-refractivity contribution >= 4 is 17.3 Å². The minimum Gasteiger partial charge on any atom is -0.478 e. The van der Waals surface area contributed by atoms with Gasteiger partial charge in [-0.1, -0.05) is 6.07 Å². The number of benzene rings is 1. The van der Waals surface area contributed by atoms with Crippen molar-refractivity contribution in [1.29, 1.82) is 0 Å². The van der Waals surface area contributed by atoms with Crippen LogP contribution < -0.4 is 5.32 Å². The van der Waals surface area contributed by atoms with Crippen LogP contribution in [0.5, 0.6) is 0 Å². The molecule has 1 aromatic carbocycles. The third-order valence-electron chi connectivity index (χ3n) is 2.70. The van der Waals surface area contributed by atoms with Crippen LogP contribution in [0.1, 0.15) is 21.7 Å². The molecule has 0 bridgehead atoms. The van der Waals surface area contributed by atoms with Crippen molar-refractivity contribution < 1.29 is 19.2 Å². The standard InChI is InChI=1S/C13H12N2O5/c1-8-2-3-12(15(18)19)11(4-8)14-6-10-5-9(7-20-10)13(16)17/h2-5,7,14H,6H2,1H3,(H,16,17). The van der Waals surface area contributed by atoms with Gasteiger partial charge in [-0.2, -0.15) is 0 Å². The Morgan fingerprint density at radius 3 is 2.80 bits per heavy atom. The Kier molecular flexibility index (Phi) is 3.69. The Morgan fingerprint density at radius 1 is 1.45 bits per heavy atom. The molecule has 2 rings (SSSR count). The first-order valence-electron chi connectivity index (χ1n) is 5.77. The van der Waals surface area contributed by atoms with Crippen LogP contribution in [0.3, 0.4) is 0 Å². The quantitative estimate of drug-likeness (QED) is 0.642. The lowest BCUT2D eigenvalue weighted by atomic mass is 10.2. The number of aromatic carboxylic acids is 1. The number of anilines is 1. The molecule has 0 spiro atoms. The van der Waals surface area contributed by atoms with E-state index in [2.05, 4.69) is 5.32 Å². The molecule has 104 valence electrons. The summed E-state index contributed by atoms with van der Waals surface area (Å²) in [6.07, 6.45) is 1.13. The normalized spacial score (nSPS) is 10.2. The summed E-state index contributed by atoms with van der Waals surface area (Å²) < 4.78 is 5.07. The zero-order chi connectivity index (χ0) is 14.7. The van der Waals surface area contributed by atoms with Gasteiger partial charge in [0, 0.05) is 6.07 Å². The molecule has 0 aliphatic heterocycles. The number of hydrogen-bond acceptors (Lipinski definition) is 5. The molecular weight excluding hydrogens is 264 g/mol. The fourth-order valence-electron chi connectivity index (χ4n) is 1.72. The number of nitrogens with one attached hydrogen (secondary N) is 1. The van der Waals surface area contributed by atoms with Crippen molar-refractivity contribution in [1.82, 2.24) is 0 Å². The highest BCUT2D eigenvalue weighted by Gasteiger charge is 2.14. The molecule has 0 unspecified atom stereocenters. The maximum absolute atomic E-state index is 10.9. The average Bonchev–Trinajstić information content (AvgIpc) is 2.85. The molecule has 0 saturated heterocycles. The summed E-state index contributed by atoms with van der Waals surface area (Å²) in [6, 6.07) is 6.09. The number of nitro benzene ring substituents is 1. The van der Waals surface area contributed by atoms with Gasteiger partial charge in [-0.25, -0.2) is 4.79 Å². The van der Waals surface area contributed by atoms with Crippen molar-refractivity contribution in [2.75, 3.05) is 5.32 Å². The van der Waals surface area contributed by atoms with Gasteiger partial charge in [0.1, 0.15) is 17.7 Å². The van der Waals surface area contributed by atoms with E-state index < -0.39 is 10.9 Å². The van der Waals surface area contributed by atoms with Gasteiger partial charge in [0.2, 0.25) is 0 Å². The van der Waals surface area contributed by atoms with Crippen molar-refractivity contribution in [3.63, 3.8) is 0 Å². The van der Waals surface area contributed by atoms with E-state index in [0.717, 1.165) is 11.8 Å². The highest BCUT2D eigenvalue weighted by Crippen LogP contribution is 2.25. The second kappa shape index (κ2) is 5.43. The first-order chi connectivity index (χ1) is 9.47. The summed E-state index contributed by atoms with van der Waals surface area (Å²) in [5, 5.41) is 22.5. The van der Waals surface area contributed by atoms with Crippen LogP contribution in [-0.4, -0.2) is 16.0 Å². The molecule has 0 aliphatic rings. The van der Waals surface area contributed by atoms with Crippen LogP contribution >= 0.6 is 0 Å². The van der Waals surface area contributed by atoms with Crippen LogP contribution in [-0.2, 0) is 6.54 Å². The summed E-state index contributed by atoms with van der Waals surface area (Å²) in [5.41, 5.74) is 1.24. The van der Waals surface area contributed by atoms with E-state index in [1.54, 1.807) is 12.1 Å². The first-order valence-corrected chi connectivity index (χ1v) is 5.77. The highest BCUT2D eigenvalue weighted by molar-refractivity contribution is 5.87. The van der Waals surface area contributed by atoms with Gasteiger partial charge in [-0.05, 0) is 24.6 Å². The summed E-state index contributed by atoms with van der Waals surface area (Å²) >= 11 is 0. The Hall–Kier alpha value is -2.83. The summed E-state index contributed by atoms with van der Waals surface area (Å²) in [6.45, 7) is 1.99. The zero-order valence-electron chi connectivity index (χ0n) is 10.6. The fraction of sp³-hybridized carbons (Fsp3) is 0.154. The minimum absolute atomic E-state index is 0.0411. The number of carboxylic acids is 1. The Bertz CT molecular complexity index is 663. The number of rotatable bonds is 5. The third-order valence-corrected chi connectivity index (χ3v) is 2.70. The molecule has 2 N–H and O–H groups in total. The van der Waals surface area contributed by atoms with E-state index in [9.17, 15) is 14.9 Å². The van der Waals surface area contributed by atoms with Gasteiger partial charge in [0.15, 0.2) is 0 Å². The summed E-state index contributed by atoms with van der Waals surface area (Å²) in [7, 11) is 0. The molecular formula is C13H12N2O5. The monoisotopic (exact) mass is 276 g/mol. The highest BCUT2D eigenvalue weighted by atomic mass is 16.6. The van der Waals surface area contributed by atoms with E-state index in [1.807, 2.05) is 6.92 Å². The van der Waals surface area contributed by atoms with Gasteiger partial charge < -0.3 is 14.8 Å². The molecule has 1 aromatic heterocycles. The molecule has 7 heteroatoms. The van der Waals surface area contributed by atoms with E-state index in [4.69, 9.17) is 9.52 Å². The molecule has 7 nitrogen and oxygen atoms in total. The van der Waals surface area contributed by atoms with Crippen LogP contribution in [0, 0.1) is 17.0 Å². The lowest BCUT2D eigenvalue weighted by Gasteiger charge is -2.06. The molecule has 0 saturated carbocycles. The lowest BCUT2D eigenvalue weighted by molar-refractivity contribution is -0.384. The predicted octanol–water partition coefficient (Wildman–Crippen LogP) is 2.81. The van der Waals surface area contributed by atoms with Crippen molar-refractivity contribution in [3.8, 4) is 0 Å². The summed E-state index contributed by atoms with van der Waals surface area (Å²) in [5.74, 6) is -0.695. The second-order valence-electron chi connectivity index (χ2n) is 4.24. The number of nitro groups is 1. The number of hydrogen-bond donors (Lipinski definition) is 2. The van der Waals surface area contributed by atoms with Gasteiger partial charge in [-0.15, -0.1) is 0 Å². The largest absolute Gasteiger partial charge is 0.478 e. The van der Waals surface area contributed by atoms with Crippen molar-refractivity contribution in [2.45, 2.75) is 13.5 Å². The van der Waals surface area contributed by atoms with Crippen LogP contribution in [0.25, 0.3) is 0 Å². The molecule has 0 amide bonds. The van der Waals surface area contributed by atoms with Crippen LogP contribution in [0.2, 0.25) is 0 Å². The van der Waals surface area contributed by atoms with E-state index in [0.29, 0.717) is 11.4 Å². The number of aryl methyl sites for hydroxylation is 1. The Balaban J connectivity index is 2.15. The first kappa shape index (κ1) is 13.6. The van der Waals surface area contributed by atoms with Crippen molar-refractivity contribution in [3.05, 3.63) is 57.5 Å². The number of carboxylic acid groups (broad SMARTS) is 1. The maximum Gasteiger partial charge on any atom is 0.338 e. The SMILES string of the molecule is Cc1ccc([N+](=O)[O-])c(NCc2cc(C(=O)O)co2)c1.